The summed E-state index contributed by atoms with van der Waals surface area (Å²) in [5.74, 6) is 0.435. The number of benzene rings is 3. The van der Waals surface area contributed by atoms with Crippen molar-refractivity contribution in [1.29, 1.82) is 0 Å². The molecule has 5 heteroatoms. The number of fused-ring (bicyclic) bond motifs is 3. The second-order valence-corrected chi connectivity index (χ2v) is 5.88. The van der Waals surface area contributed by atoms with Gasteiger partial charge in [-0.2, -0.15) is 5.10 Å². The van der Waals surface area contributed by atoms with E-state index < -0.39 is 0 Å². The Morgan fingerprint density at radius 3 is 2.65 bits per heavy atom. The number of aromatic amines is 1. The summed E-state index contributed by atoms with van der Waals surface area (Å²) >= 11 is 0. The van der Waals surface area contributed by atoms with Crippen LogP contribution in [-0.2, 0) is 0 Å². The summed E-state index contributed by atoms with van der Waals surface area (Å²) in [7, 11) is 1.59. The highest BCUT2D eigenvalue weighted by molar-refractivity contribution is 6.11. The van der Waals surface area contributed by atoms with E-state index in [9.17, 15) is 4.79 Å². The smallest absolute Gasteiger partial charge is 0.271 e. The van der Waals surface area contributed by atoms with Crippen LogP contribution in [0.3, 0.4) is 0 Å². The minimum absolute atomic E-state index is 0.269. The highest BCUT2D eigenvalue weighted by atomic mass is 16.5. The van der Waals surface area contributed by atoms with Crippen LogP contribution in [0.25, 0.3) is 21.7 Å². The molecule has 0 unspecified atom stereocenters. The number of carbonyl (C=O) groups excluding carboxylic acids is 1. The first-order chi connectivity index (χ1) is 12.8. The summed E-state index contributed by atoms with van der Waals surface area (Å²) in [5, 5.41) is 7.49. The Labute approximate surface area is 150 Å². The highest BCUT2D eigenvalue weighted by Gasteiger charge is 2.06. The number of nitrogens with one attached hydrogen (secondary N) is 2. The zero-order chi connectivity index (χ0) is 17.9. The molecule has 0 radical (unpaired) electrons. The summed E-state index contributed by atoms with van der Waals surface area (Å²) in [4.78, 5) is 15.4. The average Bonchev–Trinajstić information content (AvgIpc) is 3.11. The van der Waals surface area contributed by atoms with Gasteiger partial charge in [0, 0.05) is 28.1 Å². The van der Waals surface area contributed by atoms with Gasteiger partial charge < -0.3 is 9.72 Å². The van der Waals surface area contributed by atoms with E-state index in [0.717, 1.165) is 21.9 Å². The van der Waals surface area contributed by atoms with E-state index in [0.29, 0.717) is 11.3 Å². The maximum absolute atomic E-state index is 12.1. The van der Waals surface area contributed by atoms with E-state index >= 15 is 0 Å². The van der Waals surface area contributed by atoms with Gasteiger partial charge in [-0.15, -0.1) is 0 Å². The SMILES string of the molecule is COc1ccc(C(=O)N/N=C/c2c[nH]c3c2ccc2ccccc23)cc1. The fraction of sp³-hybridized carbons (Fsp3) is 0.0476. The van der Waals surface area contributed by atoms with Gasteiger partial charge >= 0.3 is 0 Å². The van der Waals surface area contributed by atoms with Crippen LogP contribution < -0.4 is 10.2 Å². The van der Waals surface area contributed by atoms with Gasteiger partial charge in [-0.3, -0.25) is 4.79 Å². The first kappa shape index (κ1) is 15.9. The maximum atomic E-state index is 12.1. The largest absolute Gasteiger partial charge is 0.497 e. The number of aromatic nitrogens is 1. The van der Waals surface area contributed by atoms with Gasteiger partial charge in [0.1, 0.15) is 5.75 Å². The zero-order valence-electron chi connectivity index (χ0n) is 14.2. The van der Waals surface area contributed by atoms with Crippen LogP contribution in [-0.4, -0.2) is 24.2 Å². The van der Waals surface area contributed by atoms with E-state index in [1.54, 1.807) is 37.6 Å². The third-order valence-electron chi connectivity index (χ3n) is 4.33. The number of hydrogen-bond acceptors (Lipinski definition) is 3. The summed E-state index contributed by atoms with van der Waals surface area (Å²) in [6, 6.07) is 19.2. The third-order valence-corrected chi connectivity index (χ3v) is 4.33. The predicted molar refractivity (Wildman–Crippen MR) is 104 cm³/mol. The second-order valence-electron chi connectivity index (χ2n) is 5.88. The third kappa shape index (κ3) is 2.91. The van der Waals surface area contributed by atoms with Crippen LogP contribution in [0.1, 0.15) is 15.9 Å². The quantitative estimate of drug-likeness (QED) is 0.433. The van der Waals surface area contributed by atoms with E-state index in [-0.39, 0.29) is 5.91 Å². The number of ether oxygens (including phenoxy) is 1. The fourth-order valence-corrected chi connectivity index (χ4v) is 2.97. The van der Waals surface area contributed by atoms with Gasteiger partial charge in [0.05, 0.1) is 18.8 Å². The van der Waals surface area contributed by atoms with Crippen molar-refractivity contribution in [3.63, 3.8) is 0 Å². The molecule has 0 saturated heterocycles. The van der Waals surface area contributed by atoms with Crippen molar-refractivity contribution in [1.82, 2.24) is 10.4 Å². The molecule has 0 bridgehead atoms. The molecule has 4 rings (SSSR count). The number of rotatable bonds is 4. The Hall–Kier alpha value is -3.60. The summed E-state index contributed by atoms with van der Waals surface area (Å²) < 4.78 is 5.09. The fourth-order valence-electron chi connectivity index (χ4n) is 2.97. The normalized spacial score (nSPS) is 11.3. The zero-order valence-corrected chi connectivity index (χ0v) is 14.2. The Balaban J connectivity index is 1.55. The topological polar surface area (TPSA) is 66.5 Å². The molecule has 0 fully saturated rings. The monoisotopic (exact) mass is 343 g/mol. The van der Waals surface area contributed by atoms with Gasteiger partial charge in [0.2, 0.25) is 0 Å². The molecule has 5 nitrogen and oxygen atoms in total. The molecule has 0 aliphatic rings. The molecule has 0 saturated carbocycles. The van der Waals surface area contributed by atoms with Crippen molar-refractivity contribution in [3.05, 3.63) is 78.0 Å². The Morgan fingerprint density at radius 1 is 1.04 bits per heavy atom. The molecule has 4 aromatic rings. The summed E-state index contributed by atoms with van der Waals surface area (Å²) in [6.45, 7) is 0. The van der Waals surface area contributed by atoms with Crippen molar-refractivity contribution >= 4 is 33.8 Å². The number of hydrazone groups is 1. The minimum atomic E-state index is -0.269. The molecule has 128 valence electrons. The number of H-pyrrole nitrogens is 1. The predicted octanol–water partition coefficient (Wildman–Crippen LogP) is 4.09. The Kier molecular flexibility index (Phi) is 4.11. The summed E-state index contributed by atoms with van der Waals surface area (Å²) in [6.07, 6.45) is 3.54. The van der Waals surface area contributed by atoms with Crippen molar-refractivity contribution in [2.75, 3.05) is 7.11 Å². The van der Waals surface area contributed by atoms with Gasteiger partial charge in [-0.05, 0) is 29.7 Å². The second kappa shape index (κ2) is 6.72. The number of methoxy groups -OCH3 is 1. The molecule has 0 aliphatic heterocycles. The van der Waals surface area contributed by atoms with E-state index in [1.165, 1.54) is 5.39 Å². The van der Waals surface area contributed by atoms with Crippen molar-refractivity contribution in [3.8, 4) is 5.75 Å². The van der Waals surface area contributed by atoms with Crippen LogP contribution in [0.5, 0.6) is 5.75 Å². The number of amides is 1. The van der Waals surface area contributed by atoms with Gasteiger partial charge in [0.15, 0.2) is 0 Å². The number of carbonyl (C=O) groups is 1. The van der Waals surface area contributed by atoms with Gasteiger partial charge in [0.25, 0.3) is 5.91 Å². The highest BCUT2D eigenvalue weighted by Crippen LogP contribution is 2.26. The number of nitrogens with zero attached hydrogens (tertiary/aromatic N) is 1. The Morgan fingerprint density at radius 2 is 1.85 bits per heavy atom. The molecular weight excluding hydrogens is 326 g/mol. The number of hydrogen-bond donors (Lipinski definition) is 2. The molecule has 0 spiro atoms. The molecule has 1 aromatic heterocycles. The van der Waals surface area contributed by atoms with E-state index in [4.69, 9.17) is 4.74 Å². The first-order valence-electron chi connectivity index (χ1n) is 8.22. The molecule has 2 N–H and O–H groups in total. The van der Waals surface area contributed by atoms with Gasteiger partial charge in [-0.1, -0.05) is 36.4 Å². The molecule has 0 aliphatic carbocycles. The van der Waals surface area contributed by atoms with Crippen LogP contribution in [0, 0.1) is 0 Å². The minimum Gasteiger partial charge on any atom is -0.497 e. The van der Waals surface area contributed by atoms with E-state index in [1.807, 2.05) is 18.3 Å². The summed E-state index contributed by atoms with van der Waals surface area (Å²) in [5.41, 5.74) is 5.05. The molecule has 3 aromatic carbocycles. The standard InChI is InChI=1S/C21H17N3O2/c1-26-17-9-6-15(7-10-17)21(25)24-23-13-16-12-22-20-18-5-3-2-4-14(18)8-11-19(16)20/h2-13,22H,1H3,(H,24,25)/b23-13+. The maximum Gasteiger partial charge on any atom is 0.271 e. The lowest BCUT2D eigenvalue weighted by atomic mass is 10.1. The van der Waals surface area contributed by atoms with Crippen molar-refractivity contribution in [2.24, 2.45) is 5.10 Å². The van der Waals surface area contributed by atoms with Crippen LogP contribution in [0.4, 0.5) is 0 Å². The lowest BCUT2D eigenvalue weighted by Crippen LogP contribution is -2.17. The van der Waals surface area contributed by atoms with E-state index in [2.05, 4.69) is 39.8 Å². The van der Waals surface area contributed by atoms with Gasteiger partial charge in [-0.25, -0.2) is 5.43 Å². The Bertz CT molecular complexity index is 1110. The lowest BCUT2D eigenvalue weighted by Gasteiger charge is -2.02. The first-order valence-corrected chi connectivity index (χ1v) is 8.22. The molecular formula is C21H17N3O2. The van der Waals surface area contributed by atoms with Crippen LogP contribution >= 0.6 is 0 Å². The van der Waals surface area contributed by atoms with Crippen LogP contribution in [0.2, 0.25) is 0 Å². The molecule has 1 heterocycles. The van der Waals surface area contributed by atoms with Crippen molar-refractivity contribution in [2.45, 2.75) is 0 Å². The molecule has 26 heavy (non-hydrogen) atoms. The molecule has 0 atom stereocenters. The molecule has 1 amide bonds. The van der Waals surface area contributed by atoms with Crippen molar-refractivity contribution < 1.29 is 9.53 Å². The van der Waals surface area contributed by atoms with Crippen LogP contribution in [0.15, 0.2) is 72.0 Å². The average molecular weight is 343 g/mol. The lowest BCUT2D eigenvalue weighted by molar-refractivity contribution is 0.0955.